The molecule has 0 unspecified atom stereocenters. The first-order valence-electron chi connectivity index (χ1n) is 5.07. The molecule has 0 bridgehead atoms. The number of imidazole rings is 1. The highest BCUT2D eigenvalue weighted by molar-refractivity contribution is 6.29. The van der Waals surface area contributed by atoms with Gasteiger partial charge in [-0.25, -0.2) is 9.97 Å². The highest BCUT2D eigenvalue weighted by Crippen LogP contribution is 2.40. The predicted octanol–water partition coefficient (Wildman–Crippen LogP) is 3.44. The number of fused-ring (bicyclic) bond motifs is 1. The summed E-state index contributed by atoms with van der Waals surface area (Å²) in [7, 11) is 0. The number of aromatic nitrogens is 3. The van der Waals surface area contributed by atoms with E-state index in [9.17, 15) is 13.2 Å². The quantitative estimate of drug-likeness (QED) is 0.736. The summed E-state index contributed by atoms with van der Waals surface area (Å²) in [6, 6.07) is 1.03. The standard InChI is InChI=1S/C10H7ClF3N3/c11-7-3-6(10(12,13)14)8-9(16-7)17(4-15-8)5-1-2-5/h3-5H,1-2H2. The van der Waals surface area contributed by atoms with E-state index in [2.05, 4.69) is 9.97 Å². The van der Waals surface area contributed by atoms with Crippen LogP contribution in [-0.4, -0.2) is 14.5 Å². The number of hydrogen-bond acceptors (Lipinski definition) is 2. The Labute approximate surface area is 99.2 Å². The average molecular weight is 262 g/mol. The van der Waals surface area contributed by atoms with Crippen molar-refractivity contribution in [1.82, 2.24) is 14.5 Å². The van der Waals surface area contributed by atoms with Crippen LogP contribution in [0.1, 0.15) is 24.4 Å². The third-order valence-electron chi connectivity index (χ3n) is 2.74. The van der Waals surface area contributed by atoms with Crippen LogP contribution >= 0.6 is 11.6 Å². The molecule has 0 aromatic carbocycles. The Bertz CT molecular complexity index is 586. The van der Waals surface area contributed by atoms with E-state index >= 15 is 0 Å². The van der Waals surface area contributed by atoms with Gasteiger partial charge >= 0.3 is 6.18 Å². The van der Waals surface area contributed by atoms with Gasteiger partial charge in [0.2, 0.25) is 0 Å². The number of halogens is 4. The van der Waals surface area contributed by atoms with E-state index in [1.807, 2.05) is 0 Å². The van der Waals surface area contributed by atoms with Crippen molar-refractivity contribution in [3.05, 3.63) is 23.1 Å². The lowest BCUT2D eigenvalue weighted by Crippen LogP contribution is -2.07. The fourth-order valence-corrected chi connectivity index (χ4v) is 2.00. The Balaban J connectivity index is 2.29. The molecule has 1 fully saturated rings. The summed E-state index contributed by atoms with van der Waals surface area (Å²) in [6.07, 6.45) is -1.17. The first-order valence-corrected chi connectivity index (χ1v) is 5.45. The molecule has 2 heterocycles. The van der Waals surface area contributed by atoms with Crippen molar-refractivity contribution >= 4 is 22.8 Å². The van der Waals surface area contributed by atoms with Crippen LogP contribution in [0.25, 0.3) is 11.2 Å². The lowest BCUT2D eigenvalue weighted by atomic mass is 10.2. The zero-order chi connectivity index (χ0) is 12.2. The fraction of sp³-hybridized carbons (Fsp3) is 0.400. The Morgan fingerprint density at radius 2 is 2.06 bits per heavy atom. The summed E-state index contributed by atoms with van der Waals surface area (Å²) in [6.45, 7) is 0. The maximum absolute atomic E-state index is 12.8. The second-order valence-electron chi connectivity index (χ2n) is 4.05. The minimum Gasteiger partial charge on any atom is -0.312 e. The molecule has 0 aliphatic heterocycles. The van der Waals surface area contributed by atoms with Crippen molar-refractivity contribution in [1.29, 1.82) is 0 Å². The van der Waals surface area contributed by atoms with Gasteiger partial charge in [-0.15, -0.1) is 0 Å². The molecule has 2 aromatic rings. The smallest absolute Gasteiger partial charge is 0.312 e. The third-order valence-corrected chi connectivity index (χ3v) is 2.94. The summed E-state index contributed by atoms with van der Waals surface area (Å²) < 4.78 is 40.0. The molecule has 0 amide bonds. The van der Waals surface area contributed by atoms with Gasteiger partial charge in [0.15, 0.2) is 5.65 Å². The van der Waals surface area contributed by atoms with Gasteiger partial charge in [-0.1, -0.05) is 11.6 Å². The summed E-state index contributed by atoms with van der Waals surface area (Å²) in [5.74, 6) is 0. The van der Waals surface area contributed by atoms with E-state index in [0.29, 0.717) is 0 Å². The monoisotopic (exact) mass is 261 g/mol. The van der Waals surface area contributed by atoms with Crippen molar-refractivity contribution in [2.75, 3.05) is 0 Å². The summed E-state index contributed by atoms with van der Waals surface area (Å²) in [5.41, 5.74) is -0.743. The van der Waals surface area contributed by atoms with Crippen LogP contribution < -0.4 is 0 Å². The van der Waals surface area contributed by atoms with Gasteiger partial charge in [0.05, 0.1) is 11.9 Å². The normalized spacial score (nSPS) is 16.7. The summed E-state index contributed by atoms with van der Waals surface area (Å²) >= 11 is 5.63. The van der Waals surface area contributed by atoms with Crippen molar-refractivity contribution < 1.29 is 13.2 Å². The minimum atomic E-state index is -4.46. The van der Waals surface area contributed by atoms with Gasteiger partial charge < -0.3 is 4.57 Å². The largest absolute Gasteiger partial charge is 0.418 e. The number of alkyl halides is 3. The molecular formula is C10H7ClF3N3. The molecule has 0 spiro atoms. The molecule has 1 saturated carbocycles. The molecule has 0 atom stereocenters. The lowest BCUT2D eigenvalue weighted by Gasteiger charge is -2.08. The molecule has 0 saturated heterocycles. The first kappa shape index (κ1) is 10.8. The fourth-order valence-electron chi connectivity index (χ4n) is 1.81. The second kappa shape index (κ2) is 3.35. The van der Waals surface area contributed by atoms with Crippen LogP contribution in [-0.2, 0) is 6.18 Å². The number of nitrogens with zero attached hydrogens (tertiary/aromatic N) is 3. The Hall–Kier alpha value is -1.30. The van der Waals surface area contributed by atoms with Crippen molar-refractivity contribution in [2.24, 2.45) is 0 Å². The summed E-state index contributed by atoms with van der Waals surface area (Å²) in [4.78, 5) is 7.75. The van der Waals surface area contributed by atoms with Crippen LogP contribution in [0.5, 0.6) is 0 Å². The van der Waals surface area contributed by atoms with E-state index in [4.69, 9.17) is 11.6 Å². The van der Waals surface area contributed by atoms with Crippen LogP contribution in [0.4, 0.5) is 13.2 Å². The van der Waals surface area contributed by atoms with E-state index in [1.54, 1.807) is 4.57 Å². The van der Waals surface area contributed by atoms with Crippen LogP contribution in [0.2, 0.25) is 5.15 Å². The van der Waals surface area contributed by atoms with Crippen molar-refractivity contribution in [3.63, 3.8) is 0 Å². The second-order valence-corrected chi connectivity index (χ2v) is 4.43. The van der Waals surface area contributed by atoms with Gasteiger partial charge in [-0.2, -0.15) is 13.2 Å². The Morgan fingerprint density at radius 1 is 1.35 bits per heavy atom. The lowest BCUT2D eigenvalue weighted by molar-refractivity contribution is -0.136. The number of pyridine rings is 1. The molecule has 2 aromatic heterocycles. The third kappa shape index (κ3) is 1.76. The van der Waals surface area contributed by atoms with E-state index in [0.717, 1.165) is 18.9 Å². The van der Waals surface area contributed by atoms with Crippen LogP contribution in [0.3, 0.4) is 0 Å². The van der Waals surface area contributed by atoms with E-state index in [-0.39, 0.29) is 22.4 Å². The van der Waals surface area contributed by atoms with Gasteiger partial charge in [-0.3, -0.25) is 0 Å². The molecule has 17 heavy (non-hydrogen) atoms. The molecule has 1 aliphatic rings. The van der Waals surface area contributed by atoms with E-state index < -0.39 is 11.7 Å². The van der Waals surface area contributed by atoms with Gasteiger partial charge in [-0.05, 0) is 18.9 Å². The first-order chi connectivity index (χ1) is 7.97. The highest BCUT2D eigenvalue weighted by Gasteiger charge is 2.36. The number of hydrogen-bond donors (Lipinski definition) is 0. The summed E-state index contributed by atoms with van der Waals surface area (Å²) in [5, 5.41) is -0.160. The van der Waals surface area contributed by atoms with E-state index in [1.165, 1.54) is 6.33 Å². The zero-order valence-corrected chi connectivity index (χ0v) is 9.26. The molecule has 0 radical (unpaired) electrons. The molecule has 3 rings (SSSR count). The maximum atomic E-state index is 12.8. The van der Waals surface area contributed by atoms with Gasteiger partial charge in [0.25, 0.3) is 0 Å². The zero-order valence-electron chi connectivity index (χ0n) is 8.50. The topological polar surface area (TPSA) is 30.7 Å². The molecule has 7 heteroatoms. The Kier molecular flexibility index (Phi) is 2.13. The maximum Gasteiger partial charge on any atom is 0.418 e. The van der Waals surface area contributed by atoms with Crippen LogP contribution in [0, 0.1) is 0 Å². The van der Waals surface area contributed by atoms with Gasteiger partial charge in [0.1, 0.15) is 10.7 Å². The molecule has 1 aliphatic carbocycles. The van der Waals surface area contributed by atoms with Crippen LogP contribution in [0.15, 0.2) is 12.4 Å². The molecule has 0 N–H and O–H groups in total. The Morgan fingerprint density at radius 3 is 2.65 bits per heavy atom. The van der Waals surface area contributed by atoms with Crippen molar-refractivity contribution in [3.8, 4) is 0 Å². The average Bonchev–Trinajstić information content (AvgIpc) is 2.97. The molecule has 3 nitrogen and oxygen atoms in total. The SMILES string of the molecule is FC(F)(F)c1cc(Cl)nc2c1ncn2C1CC1. The van der Waals surface area contributed by atoms with Crippen molar-refractivity contribution in [2.45, 2.75) is 25.1 Å². The van der Waals surface area contributed by atoms with Gasteiger partial charge in [0, 0.05) is 6.04 Å². The predicted molar refractivity (Wildman–Crippen MR) is 55.8 cm³/mol. The number of rotatable bonds is 1. The highest BCUT2D eigenvalue weighted by atomic mass is 35.5. The minimum absolute atomic E-state index is 0.131. The molecule has 90 valence electrons. The molecular weight excluding hydrogens is 255 g/mol.